The Balaban J connectivity index is 1.56. The maximum atomic E-state index is 13.4. The molecule has 1 saturated heterocycles. The lowest BCUT2D eigenvalue weighted by Crippen LogP contribution is -2.34. The molecule has 0 spiro atoms. The SMILES string of the molecule is C=C/C(=C\C)c1ccc(NCC2CC(C)N(C(=O)CCc3cccc(F)c3)C2)c(C=N)c1. The molecule has 3 rings (SSSR count). The van der Waals surface area contributed by atoms with E-state index in [-0.39, 0.29) is 17.8 Å². The Morgan fingerprint density at radius 1 is 1.31 bits per heavy atom. The van der Waals surface area contributed by atoms with Crippen LogP contribution in [0.4, 0.5) is 10.1 Å². The minimum atomic E-state index is -0.264. The predicted octanol–water partition coefficient (Wildman–Crippen LogP) is 5.69. The van der Waals surface area contributed by atoms with E-state index in [4.69, 9.17) is 5.41 Å². The van der Waals surface area contributed by atoms with Crippen molar-refractivity contribution in [1.82, 2.24) is 4.90 Å². The molecule has 1 amide bonds. The average molecular weight is 434 g/mol. The summed E-state index contributed by atoms with van der Waals surface area (Å²) in [5, 5.41) is 11.3. The van der Waals surface area contributed by atoms with E-state index in [2.05, 4.69) is 18.8 Å². The smallest absolute Gasteiger partial charge is 0.223 e. The standard InChI is InChI=1S/C27H32FN3O/c1-4-22(5-2)23-10-11-26(24(15-23)16-29)30-17-21-13-19(3)31(18-21)27(32)12-9-20-7-6-8-25(28)14-20/h4-8,10-11,14-16,19,21,29-30H,1,9,12-13,17-18H2,2-3H3/b22-5+,29-16?. The van der Waals surface area contributed by atoms with Gasteiger partial charge in [-0.1, -0.05) is 36.9 Å². The van der Waals surface area contributed by atoms with Crippen LogP contribution in [0.15, 0.2) is 61.2 Å². The van der Waals surface area contributed by atoms with Crippen LogP contribution in [0.25, 0.3) is 5.57 Å². The molecule has 0 aromatic heterocycles. The second-order valence-electron chi connectivity index (χ2n) is 8.40. The summed E-state index contributed by atoms with van der Waals surface area (Å²) in [7, 11) is 0. The van der Waals surface area contributed by atoms with E-state index in [9.17, 15) is 9.18 Å². The predicted molar refractivity (Wildman–Crippen MR) is 131 cm³/mol. The van der Waals surface area contributed by atoms with Crippen molar-refractivity contribution in [3.8, 4) is 0 Å². The normalized spacial score (nSPS) is 18.5. The van der Waals surface area contributed by atoms with Crippen molar-refractivity contribution in [2.24, 2.45) is 5.92 Å². The fraction of sp³-hybridized carbons (Fsp3) is 0.333. The molecule has 1 aliphatic rings. The molecular formula is C27H32FN3O. The summed E-state index contributed by atoms with van der Waals surface area (Å²) in [4.78, 5) is 14.7. The van der Waals surface area contributed by atoms with Gasteiger partial charge in [-0.05, 0) is 73.6 Å². The van der Waals surface area contributed by atoms with E-state index >= 15 is 0 Å². The summed E-state index contributed by atoms with van der Waals surface area (Å²) in [6, 6.07) is 12.7. The van der Waals surface area contributed by atoms with E-state index in [1.165, 1.54) is 18.3 Å². The number of hydrogen-bond acceptors (Lipinski definition) is 3. The van der Waals surface area contributed by atoms with E-state index < -0.39 is 0 Å². The van der Waals surface area contributed by atoms with Gasteiger partial charge in [-0.2, -0.15) is 0 Å². The van der Waals surface area contributed by atoms with Gasteiger partial charge in [0.1, 0.15) is 5.82 Å². The first-order valence-corrected chi connectivity index (χ1v) is 11.2. The number of nitrogens with one attached hydrogen (secondary N) is 2. The molecule has 2 N–H and O–H groups in total. The Morgan fingerprint density at radius 3 is 2.81 bits per heavy atom. The summed E-state index contributed by atoms with van der Waals surface area (Å²) in [6.45, 7) is 9.37. The van der Waals surface area contributed by atoms with Crippen molar-refractivity contribution >= 4 is 23.4 Å². The molecule has 0 saturated carbocycles. The number of nitrogens with zero attached hydrogens (tertiary/aromatic N) is 1. The first-order valence-electron chi connectivity index (χ1n) is 11.2. The van der Waals surface area contributed by atoms with Crippen molar-refractivity contribution in [1.29, 1.82) is 5.41 Å². The molecule has 1 fully saturated rings. The lowest BCUT2D eigenvalue weighted by atomic mass is 10.0. The van der Waals surface area contributed by atoms with Crippen LogP contribution in [0, 0.1) is 17.1 Å². The van der Waals surface area contributed by atoms with Gasteiger partial charge in [0.2, 0.25) is 5.91 Å². The van der Waals surface area contributed by atoms with Gasteiger partial charge in [-0.25, -0.2) is 4.39 Å². The monoisotopic (exact) mass is 433 g/mol. The number of hydrogen-bond donors (Lipinski definition) is 2. The largest absolute Gasteiger partial charge is 0.384 e. The zero-order valence-corrected chi connectivity index (χ0v) is 18.9. The highest BCUT2D eigenvalue weighted by molar-refractivity contribution is 5.88. The molecule has 2 atom stereocenters. The average Bonchev–Trinajstić information content (AvgIpc) is 3.17. The summed E-state index contributed by atoms with van der Waals surface area (Å²) >= 11 is 0. The van der Waals surface area contributed by atoms with Gasteiger partial charge in [-0.15, -0.1) is 0 Å². The topological polar surface area (TPSA) is 56.2 Å². The fourth-order valence-corrected chi connectivity index (χ4v) is 4.40. The lowest BCUT2D eigenvalue weighted by molar-refractivity contribution is -0.131. The second-order valence-corrected chi connectivity index (χ2v) is 8.40. The molecule has 4 nitrogen and oxygen atoms in total. The number of allylic oxidation sites excluding steroid dienone is 3. The molecule has 32 heavy (non-hydrogen) atoms. The van der Waals surface area contributed by atoms with Gasteiger partial charge in [0, 0.05) is 43.0 Å². The van der Waals surface area contributed by atoms with Gasteiger partial charge >= 0.3 is 0 Å². The number of benzene rings is 2. The highest BCUT2D eigenvalue weighted by Crippen LogP contribution is 2.26. The summed E-state index contributed by atoms with van der Waals surface area (Å²) < 4.78 is 13.4. The Morgan fingerprint density at radius 2 is 2.12 bits per heavy atom. The van der Waals surface area contributed by atoms with Crippen molar-refractivity contribution in [2.75, 3.05) is 18.4 Å². The maximum Gasteiger partial charge on any atom is 0.223 e. The molecule has 1 heterocycles. The zero-order valence-electron chi connectivity index (χ0n) is 18.9. The van der Waals surface area contributed by atoms with E-state index in [1.54, 1.807) is 6.07 Å². The molecular weight excluding hydrogens is 401 g/mol. The van der Waals surface area contributed by atoms with Crippen molar-refractivity contribution in [3.63, 3.8) is 0 Å². The first kappa shape index (κ1) is 23.5. The van der Waals surface area contributed by atoms with Crippen molar-refractivity contribution < 1.29 is 9.18 Å². The van der Waals surface area contributed by atoms with E-state index in [1.807, 2.05) is 48.2 Å². The number of carbonyl (C=O) groups excluding carboxylic acids is 1. The Hall–Kier alpha value is -3.21. The van der Waals surface area contributed by atoms with Crippen LogP contribution < -0.4 is 5.32 Å². The van der Waals surface area contributed by atoms with Crippen molar-refractivity contribution in [2.45, 2.75) is 39.2 Å². The number of likely N-dealkylation sites (tertiary alicyclic amines) is 1. The molecule has 2 aromatic rings. The van der Waals surface area contributed by atoms with Crippen LogP contribution >= 0.6 is 0 Å². The number of amides is 1. The van der Waals surface area contributed by atoms with E-state index in [0.717, 1.165) is 40.9 Å². The second kappa shape index (κ2) is 10.9. The minimum absolute atomic E-state index is 0.122. The minimum Gasteiger partial charge on any atom is -0.384 e. The highest BCUT2D eigenvalue weighted by atomic mass is 19.1. The Labute approximate surface area is 190 Å². The van der Waals surface area contributed by atoms with Crippen LogP contribution in [-0.4, -0.2) is 36.2 Å². The number of aryl methyl sites for hydroxylation is 1. The van der Waals surface area contributed by atoms with Gasteiger partial charge in [-0.3, -0.25) is 4.79 Å². The quantitative estimate of drug-likeness (QED) is 0.394. The zero-order chi connectivity index (χ0) is 23.1. The molecule has 1 aliphatic heterocycles. The molecule has 5 heteroatoms. The Bertz CT molecular complexity index is 1010. The van der Waals surface area contributed by atoms with Crippen LogP contribution in [0.1, 0.15) is 43.4 Å². The fourth-order valence-electron chi connectivity index (χ4n) is 4.40. The Kier molecular flexibility index (Phi) is 7.98. The molecule has 0 aliphatic carbocycles. The highest BCUT2D eigenvalue weighted by Gasteiger charge is 2.31. The van der Waals surface area contributed by atoms with E-state index in [0.29, 0.717) is 25.3 Å². The molecule has 2 unspecified atom stereocenters. The molecule has 2 aromatic carbocycles. The lowest BCUT2D eigenvalue weighted by Gasteiger charge is -2.21. The van der Waals surface area contributed by atoms with Crippen LogP contribution in [0.2, 0.25) is 0 Å². The van der Waals surface area contributed by atoms with Gasteiger partial charge in [0.15, 0.2) is 0 Å². The van der Waals surface area contributed by atoms with Gasteiger partial charge in [0.25, 0.3) is 0 Å². The number of halogens is 1. The molecule has 0 radical (unpaired) electrons. The summed E-state index contributed by atoms with van der Waals surface area (Å²) in [5.74, 6) is 0.206. The number of anilines is 1. The maximum absolute atomic E-state index is 13.4. The molecule has 0 bridgehead atoms. The summed E-state index contributed by atoms with van der Waals surface area (Å²) in [5.41, 5.74) is 4.68. The van der Waals surface area contributed by atoms with Crippen LogP contribution in [0.3, 0.4) is 0 Å². The number of carbonyl (C=O) groups is 1. The third kappa shape index (κ3) is 5.72. The van der Waals surface area contributed by atoms with Gasteiger partial charge < -0.3 is 15.6 Å². The summed E-state index contributed by atoms with van der Waals surface area (Å²) in [6.07, 6.45) is 7.07. The van der Waals surface area contributed by atoms with Gasteiger partial charge in [0.05, 0.1) is 0 Å². The first-order chi connectivity index (χ1) is 15.4. The van der Waals surface area contributed by atoms with Crippen LogP contribution in [-0.2, 0) is 11.2 Å². The third-order valence-corrected chi connectivity index (χ3v) is 6.15. The molecule has 168 valence electrons. The number of rotatable bonds is 9. The van der Waals surface area contributed by atoms with Crippen molar-refractivity contribution in [3.05, 3.63) is 83.7 Å². The third-order valence-electron chi connectivity index (χ3n) is 6.15. The van der Waals surface area contributed by atoms with Crippen LogP contribution in [0.5, 0.6) is 0 Å².